The van der Waals surface area contributed by atoms with Gasteiger partial charge in [-0.05, 0) is 11.4 Å². The molecule has 0 spiro atoms. The molecule has 0 aliphatic rings. The van der Waals surface area contributed by atoms with Crippen molar-refractivity contribution in [3.05, 3.63) is 39.9 Å². The summed E-state index contributed by atoms with van der Waals surface area (Å²) < 4.78 is 1.20. The topological polar surface area (TPSA) is 0 Å². The number of benzene rings is 1. The number of hydrogen-bond donors (Lipinski definition) is 0. The van der Waals surface area contributed by atoms with Crippen LogP contribution in [0.25, 0.3) is 10.8 Å². The average molecular weight is 384 g/mol. The van der Waals surface area contributed by atoms with Gasteiger partial charge in [-0.2, -0.15) is 6.07 Å². The van der Waals surface area contributed by atoms with E-state index in [1.54, 1.807) is 0 Å². The normalized spacial score (nSPS) is 9.67. The molecule has 0 bridgehead atoms. The molecule has 0 aliphatic heterocycles. The van der Waals surface area contributed by atoms with Gasteiger partial charge in [0.2, 0.25) is 0 Å². The van der Waals surface area contributed by atoms with Crippen molar-refractivity contribution >= 4 is 43.7 Å². The molecule has 0 saturated heterocycles. The molecule has 0 fully saturated rings. The summed E-state index contributed by atoms with van der Waals surface area (Å²) in [5, 5.41) is 2.65. The molecule has 4 heteroatoms. The van der Waals surface area contributed by atoms with Crippen LogP contribution in [0, 0.1) is 13.8 Å². The van der Waals surface area contributed by atoms with Crippen LogP contribution in [0.1, 0.15) is 11.1 Å². The molecular formula is C11H10BrCl2Zr-. The molecule has 0 aliphatic carbocycles. The summed E-state index contributed by atoms with van der Waals surface area (Å²) in [5.41, 5.74) is 2.64. The van der Waals surface area contributed by atoms with Gasteiger partial charge in [-0.25, -0.2) is 0 Å². The van der Waals surface area contributed by atoms with Crippen molar-refractivity contribution in [2.24, 2.45) is 0 Å². The quantitative estimate of drug-likeness (QED) is 0.540. The van der Waals surface area contributed by atoms with Gasteiger partial charge >= 0.3 is 37.9 Å². The van der Waals surface area contributed by atoms with Crippen LogP contribution in [0.4, 0.5) is 0 Å². The number of aryl methyl sites for hydroxylation is 2. The van der Waals surface area contributed by atoms with Gasteiger partial charge in [-0.3, -0.25) is 0 Å². The minimum absolute atomic E-state index is 0.826. The predicted octanol–water partition coefficient (Wildman–Crippen LogP) is 5.31. The maximum absolute atomic E-state index is 4.93. The zero-order chi connectivity index (χ0) is 11.4. The number of hydrogen-bond acceptors (Lipinski definition) is 0. The van der Waals surface area contributed by atoms with Crippen molar-refractivity contribution in [1.82, 2.24) is 0 Å². The van der Waals surface area contributed by atoms with E-state index in [-0.39, 0.29) is 0 Å². The second-order valence-corrected chi connectivity index (χ2v) is 7.94. The Kier molecular flexibility index (Phi) is 5.99. The van der Waals surface area contributed by atoms with Crippen LogP contribution in [0.5, 0.6) is 0 Å². The van der Waals surface area contributed by atoms with Gasteiger partial charge in [0.05, 0.1) is 0 Å². The monoisotopic (exact) mass is 381 g/mol. The maximum atomic E-state index is 4.93. The van der Waals surface area contributed by atoms with Crippen LogP contribution in [0.2, 0.25) is 0 Å². The van der Waals surface area contributed by atoms with Gasteiger partial charge in [0.1, 0.15) is 0 Å². The van der Waals surface area contributed by atoms with Crippen molar-refractivity contribution in [1.29, 1.82) is 0 Å². The fraction of sp³-hybridized carbons (Fsp3) is 0.182. The summed E-state index contributed by atoms with van der Waals surface area (Å²) in [7, 11) is 9.87. The Labute approximate surface area is 117 Å². The second kappa shape index (κ2) is 6.49. The van der Waals surface area contributed by atoms with Crippen LogP contribution in [0.3, 0.4) is 0 Å². The first kappa shape index (κ1) is 13.8. The van der Waals surface area contributed by atoms with Crippen molar-refractivity contribution in [3.63, 3.8) is 0 Å². The molecule has 0 saturated carbocycles. The fourth-order valence-corrected chi connectivity index (χ4v) is 2.27. The van der Waals surface area contributed by atoms with E-state index >= 15 is 0 Å². The second-order valence-electron chi connectivity index (χ2n) is 3.35. The molecule has 0 aromatic heterocycles. The molecular weight excluding hydrogens is 374 g/mol. The van der Waals surface area contributed by atoms with E-state index in [2.05, 4.69) is 54.0 Å². The Morgan fingerprint density at radius 2 is 1.80 bits per heavy atom. The predicted molar refractivity (Wildman–Crippen MR) is 68.4 cm³/mol. The zero-order valence-electron chi connectivity index (χ0n) is 8.44. The standard InChI is InChI=1S/C11H10Br.2ClH.Zr/c1-7-3-9-4-8(2)6-11(12)10(9)5-7;;;/h3-6H,1-2H3;2*1H;/q-1;;;+2/p-2. The minimum atomic E-state index is -0.826. The van der Waals surface area contributed by atoms with Crippen LogP contribution < -0.4 is 0 Å². The molecule has 2 aromatic carbocycles. The van der Waals surface area contributed by atoms with Gasteiger partial charge in [0, 0.05) is 0 Å². The molecule has 0 N–H and O–H groups in total. The molecule has 0 amide bonds. The van der Waals surface area contributed by atoms with E-state index in [0.717, 1.165) is 0 Å². The molecule has 2 rings (SSSR count). The molecule has 0 unspecified atom stereocenters. The molecule has 15 heavy (non-hydrogen) atoms. The van der Waals surface area contributed by atoms with Gasteiger partial charge in [-0.1, -0.05) is 34.5 Å². The first-order valence-corrected chi connectivity index (χ1v) is 11.5. The van der Waals surface area contributed by atoms with Crippen molar-refractivity contribution in [2.75, 3.05) is 0 Å². The first-order chi connectivity index (χ1) is 7.08. The Bertz CT molecular complexity index is 451. The Morgan fingerprint density at radius 3 is 2.40 bits per heavy atom. The van der Waals surface area contributed by atoms with E-state index in [4.69, 9.17) is 17.0 Å². The van der Waals surface area contributed by atoms with Crippen LogP contribution >= 0.6 is 33.0 Å². The zero-order valence-corrected chi connectivity index (χ0v) is 14.0. The van der Waals surface area contributed by atoms with Crippen LogP contribution in [0.15, 0.2) is 28.7 Å². The van der Waals surface area contributed by atoms with Gasteiger partial charge in [-0.15, -0.1) is 28.5 Å². The summed E-state index contributed by atoms with van der Waals surface area (Å²) in [6.45, 7) is 4.24. The number of rotatable bonds is 0. The van der Waals surface area contributed by atoms with Crippen molar-refractivity contribution < 1.29 is 20.8 Å². The molecule has 80 valence electrons. The first-order valence-electron chi connectivity index (χ1n) is 4.38. The summed E-state index contributed by atoms with van der Waals surface area (Å²) in [6, 6.07) is 8.79. The third kappa shape index (κ3) is 3.93. The Hall–Kier alpha value is 0.773. The van der Waals surface area contributed by atoms with Crippen molar-refractivity contribution in [3.8, 4) is 0 Å². The molecule has 0 nitrogen and oxygen atoms in total. The summed E-state index contributed by atoms with van der Waals surface area (Å²) in [4.78, 5) is 0. The SMILES string of the molecule is Cc1cc(Br)c2cc(C)[cH-]c2c1.[Cl][Zr][Cl]. The molecule has 0 heterocycles. The molecule has 0 radical (unpaired) electrons. The Balaban J connectivity index is 0.000000337. The number of halogens is 3. The summed E-state index contributed by atoms with van der Waals surface area (Å²) >= 11 is 2.74. The van der Waals surface area contributed by atoms with Gasteiger partial charge in [0.25, 0.3) is 0 Å². The fourth-order valence-electron chi connectivity index (χ4n) is 1.57. The van der Waals surface area contributed by atoms with E-state index in [1.165, 1.54) is 26.4 Å². The van der Waals surface area contributed by atoms with E-state index in [0.29, 0.717) is 0 Å². The van der Waals surface area contributed by atoms with Crippen LogP contribution in [-0.2, 0) is 20.8 Å². The summed E-state index contributed by atoms with van der Waals surface area (Å²) in [5.74, 6) is 0. The van der Waals surface area contributed by atoms with E-state index in [9.17, 15) is 0 Å². The average Bonchev–Trinajstić information content (AvgIpc) is 2.47. The third-order valence-electron chi connectivity index (χ3n) is 2.06. The molecule has 0 atom stereocenters. The van der Waals surface area contributed by atoms with Gasteiger partial charge in [0.15, 0.2) is 0 Å². The van der Waals surface area contributed by atoms with E-state index < -0.39 is 20.8 Å². The Morgan fingerprint density at radius 1 is 1.20 bits per heavy atom. The van der Waals surface area contributed by atoms with Crippen LogP contribution in [-0.4, -0.2) is 0 Å². The van der Waals surface area contributed by atoms with E-state index in [1.807, 2.05) is 0 Å². The molecule has 2 aromatic rings. The number of fused-ring (bicyclic) bond motifs is 1. The third-order valence-corrected chi connectivity index (χ3v) is 2.72. The van der Waals surface area contributed by atoms with Crippen molar-refractivity contribution in [2.45, 2.75) is 13.8 Å². The summed E-state index contributed by atoms with van der Waals surface area (Å²) in [6.07, 6.45) is 0. The van der Waals surface area contributed by atoms with Gasteiger partial charge < -0.3 is 0 Å².